The molecular weight excluding hydrogens is 407 g/mol. The van der Waals surface area contributed by atoms with E-state index >= 15 is 0 Å². The molecule has 30 heavy (non-hydrogen) atoms. The van der Waals surface area contributed by atoms with Crippen molar-refractivity contribution in [1.82, 2.24) is 0 Å². The van der Waals surface area contributed by atoms with E-state index in [9.17, 15) is 13.0 Å². The van der Waals surface area contributed by atoms with Crippen LogP contribution in [0.1, 0.15) is 103 Å². The third-order valence-corrected chi connectivity index (χ3v) is 6.76. The van der Waals surface area contributed by atoms with Crippen LogP contribution in [0.2, 0.25) is 0 Å². The van der Waals surface area contributed by atoms with Crippen molar-refractivity contribution in [3.05, 3.63) is 29.3 Å². The molecule has 4 nitrogen and oxygen atoms in total. The van der Waals surface area contributed by atoms with Gasteiger partial charge in [0.1, 0.15) is 5.75 Å². The van der Waals surface area contributed by atoms with Gasteiger partial charge in [-0.25, -0.2) is 8.42 Å². The van der Waals surface area contributed by atoms with Gasteiger partial charge in [-0.3, -0.25) is 0 Å². The molecule has 0 aromatic heterocycles. The van der Waals surface area contributed by atoms with Gasteiger partial charge in [0.05, 0.1) is 16.7 Å². The van der Waals surface area contributed by atoms with Crippen molar-refractivity contribution in [2.24, 2.45) is 0 Å². The molecule has 0 aliphatic rings. The molecule has 1 aromatic rings. The molecule has 1 atom stereocenters. The Morgan fingerprint density at radius 1 is 0.867 bits per heavy atom. The summed E-state index contributed by atoms with van der Waals surface area (Å²) in [5.74, 6) is 0.925. The van der Waals surface area contributed by atoms with Crippen LogP contribution in [0.25, 0.3) is 0 Å². The van der Waals surface area contributed by atoms with E-state index in [4.69, 9.17) is 4.74 Å². The third-order valence-electron chi connectivity index (χ3n) is 5.54. The Kier molecular flexibility index (Phi) is 17.4. The van der Waals surface area contributed by atoms with Gasteiger partial charge < -0.3 is 9.29 Å². The summed E-state index contributed by atoms with van der Waals surface area (Å²) in [6.45, 7) is 6.16. The molecule has 0 amide bonds. The van der Waals surface area contributed by atoms with E-state index in [0.717, 1.165) is 31.4 Å². The van der Waals surface area contributed by atoms with Crippen LogP contribution < -0.4 is 34.3 Å². The average Bonchev–Trinajstić information content (AvgIpc) is 2.68. The first kappa shape index (κ1) is 29.9. The Balaban J connectivity index is 0.00000841. The Bertz CT molecular complexity index is 629. The number of hydrogen-bond acceptors (Lipinski definition) is 4. The molecule has 0 spiro atoms. The number of rotatable bonds is 17. The largest absolute Gasteiger partial charge is 1.00 e. The first-order chi connectivity index (χ1) is 13.9. The van der Waals surface area contributed by atoms with Crippen LogP contribution in [0.5, 0.6) is 5.75 Å². The van der Waals surface area contributed by atoms with Crippen molar-refractivity contribution in [2.75, 3.05) is 6.61 Å². The second-order valence-corrected chi connectivity index (χ2v) is 9.96. The van der Waals surface area contributed by atoms with Crippen LogP contribution in [0.3, 0.4) is 0 Å². The maximum atomic E-state index is 11.2. The summed E-state index contributed by atoms with van der Waals surface area (Å²) in [6.07, 6.45) is 14.5. The van der Waals surface area contributed by atoms with Crippen LogP contribution in [0.4, 0.5) is 0 Å². The Morgan fingerprint density at radius 2 is 1.33 bits per heavy atom. The van der Waals surface area contributed by atoms with E-state index in [0.29, 0.717) is 0 Å². The molecule has 0 bridgehead atoms. The maximum absolute atomic E-state index is 11.2. The van der Waals surface area contributed by atoms with Crippen LogP contribution in [-0.4, -0.2) is 24.8 Å². The number of hydrogen-bond donors (Lipinski definition) is 0. The monoisotopic (exact) mass is 448 g/mol. The molecule has 0 saturated heterocycles. The molecule has 0 fully saturated rings. The van der Waals surface area contributed by atoms with E-state index in [2.05, 4.69) is 32.0 Å². The average molecular weight is 449 g/mol. The van der Waals surface area contributed by atoms with E-state index in [-0.39, 0.29) is 42.6 Å². The fraction of sp³-hybridized carbons (Fsp3) is 0.750. The second-order valence-electron chi connectivity index (χ2n) is 8.17. The first-order valence-corrected chi connectivity index (χ1v) is 13.1. The van der Waals surface area contributed by atoms with Gasteiger partial charge in [-0.2, -0.15) is 0 Å². The summed E-state index contributed by atoms with van der Waals surface area (Å²) in [5.41, 5.74) is 2.43. The molecule has 1 rings (SSSR count). The maximum Gasteiger partial charge on any atom is 1.00 e. The summed E-state index contributed by atoms with van der Waals surface area (Å²) < 4.78 is 39.5. The zero-order valence-electron chi connectivity index (χ0n) is 19.8. The topological polar surface area (TPSA) is 66.4 Å². The minimum atomic E-state index is -4.25. The Labute approximate surface area is 207 Å². The van der Waals surface area contributed by atoms with Gasteiger partial charge in [0, 0.05) is 5.25 Å². The van der Waals surface area contributed by atoms with Gasteiger partial charge in [-0.05, 0) is 50.2 Å². The molecule has 0 aliphatic carbocycles. The molecule has 6 heteroatoms. The summed E-state index contributed by atoms with van der Waals surface area (Å²) >= 11 is 0. The standard InChI is InChI=1S/C24H42O4S.Na/c1-4-6-8-10-12-15-22-17-14-18-23(16-13-11-9-7-5-2)24(22)28-20-19-21(3)29(25,26)27;/h14,17-18,21H,4-13,15-16,19-20H2,1-3H3,(H,25,26,27);/q;+1/p-1. The predicted octanol–water partition coefficient (Wildman–Crippen LogP) is 3.42. The number of unbranched alkanes of at least 4 members (excludes halogenated alkanes) is 8. The van der Waals surface area contributed by atoms with Crippen molar-refractivity contribution in [2.45, 2.75) is 109 Å². The summed E-state index contributed by atoms with van der Waals surface area (Å²) in [5, 5.41) is -0.916. The number of ether oxygens (including phenoxy) is 1. The van der Waals surface area contributed by atoms with Crippen molar-refractivity contribution in [3.63, 3.8) is 0 Å². The number of benzene rings is 1. The predicted molar refractivity (Wildman–Crippen MR) is 121 cm³/mol. The SMILES string of the molecule is CCCCCCCc1cccc(CCCCCCC)c1OCCC(C)S(=O)(=O)[O-].[Na+]. The van der Waals surface area contributed by atoms with Crippen LogP contribution >= 0.6 is 0 Å². The molecule has 1 aromatic carbocycles. The summed E-state index contributed by atoms with van der Waals surface area (Å²) in [7, 11) is -4.25. The van der Waals surface area contributed by atoms with E-state index in [1.54, 1.807) is 0 Å². The summed E-state index contributed by atoms with van der Waals surface area (Å²) in [6, 6.07) is 6.37. The van der Waals surface area contributed by atoms with Gasteiger partial charge in [0.25, 0.3) is 0 Å². The number of aryl methyl sites for hydroxylation is 2. The van der Waals surface area contributed by atoms with Crippen molar-refractivity contribution >= 4 is 10.1 Å². The zero-order valence-corrected chi connectivity index (χ0v) is 22.6. The smallest absolute Gasteiger partial charge is 0.748 e. The normalized spacial score (nSPS) is 12.4. The van der Waals surface area contributed by atoms with Gasteiger partial charge in [0.15, 0.2) is 0 Å². The summed E-state index contributed by atoms with van der Waals surface area (Å²) in [4.78, 5) is 0. The molecule has 1 unspecified atom stereocenters. The number of para-hydroxylation sites is 1. The minimum Gasteiger partial charge on any atom is -0.748 e. The third kappa shape index (κ3) is 12.7. The zero-order chi connectivity index (χ0) is 21.5. The van der Waals surface area contributed by atoms with Gasteiger partial charge >= 0.3 is 29.6 Å². The Morgan fingerprint density at radius 3 is 1.77 bits per heavy atom. The quantitative estimate of drug-likeness (QED) is 0.208. The van der Waals surface area contributed by atoms with Crippen molar-refractivity contribution in [3.8, 4) is 5.75 Å². The fourth-order valence-corrected chi connectivity index (χ4v) is 3.91. The minimum absolute atomic E-state index is 0. The van der Waals surface area contributed by atoms with Gasteiger partial charge in [-0.15, -0.1) is 0 Å². The molecule has 0 aliphatic heterocycles. The van der Waals surface area contributed by atoms with Gasteiger partial charge in [-0.1, -0.05) is 83.4 Å². The van der Waals surface area contributed by atoms with Crippen molar-refractivity contribution < 1.29 is 47.3 Å². The first-order valence-electron chi connectivity index (χ1n) is 11.6. The van der Waals surface area contributed by atoms with E-state index < -0.39 is 15.4 Å². The fourth-order valence-electron chi connectivity index (χ4n) is 3.53. The van der Waals surface area contributed by atoms with E-state index in [1.165, 1.54) is 69.4 Å². The second kappa shape index (κ2) is 17.5. The molecule has 0 radical (unpaired) electrons. The molecule has 0 heterocycles. The Hall–Kier alpha value is -0.0700. The van der Waals surface area contributed by atoms with Crippen LogP contribution in [0.15, 0.2) is 18.2 Å². The molecule has 0 saturated carbocycles. The van der Waals surface area contributed by atoms with Gasteiger partial charge in [0.2, 0.25) is 0 Å². The van der Waals surface area contributed by atoms with Crippen molar-refractivity contribution in [1.29, 1.82) is 0 Å². The molecule has 168 valence electrons. The molecular formula is C24H41NaO4S. The molecule has 0 N–H and O–H groups in total. The van der Waals surface area contributed by atoms with Crippen LogP contribution in [0, 0.1) is 0 Å². The van der Waals surface area contributed by atoms with E-state index in [1.807, 2.05) is 0 Å². The van der Waals surface area contributed by atoms with Crippen LogP contribution in [-0.2, 0) is 23.0 Å².